The van der Waals surface area contributed by atoms with Crippen LogP contribution in [0.1, 0.15) is 16.5 Å². The van der Waals surface area contributed by atoms with Gasteiger partial charge in [-0.2, -0.15) is 0 Å². The number of nitrogens with one attached hydrogen (secondary N) is 3. The first-order valence-corrected chi connectivity index (χ1v) is 11.2. The van der Waals surface area contributed by atoms with Crippen molar-refractivity contribution >= 4 is 28.2 Å². The summed E-state index contributed by atoms with van der Waals surface area (Å²) >= 11 is 1.79. The number of thiophene rings is 1. The molecule has 3 heterocycles. The number of ether oxygens (including phenoxy) is 1. The van der Waals surface area contributed by atoms with E-state index in [4.69, 9.17) is 4.74 Å². The van der Waals surface area contributed by atoms with E-state index in [2.05, 4.69) is 43.0 Å². The van der Waals surface area contributed by atoms with Gasteiger partial charge < -0.3 is 20.4 Å². The van der Waals surface area contributed by atoms with Crippen molar-refractivity contribution in [1.82, 2.24) is 20.5 Å². The number of aromatic amines is 1. The van der Waals surface area contributed by atoms with Crippen LogP contribution >= 0.6 is 11.3 Å². The van der Waals surface area contributed by atoms with E-state index in [0.717, 1.165) is 68.2 Å². The largest absolute Gasteiger partial charge is 0.379 e. The third-order valence-electron chi connectivity index (χ3n) is 5.46. The molecule has 0 saturated carbocycles. The van der Waals surface area contributed by atoms with Crippen molar-refractivity contribution in [1.29, 1.82) is 0 Å². The number of halogens is 1. The van der Waals surface area contributed by atoms with Gasteiger partial charge in [-0.25, -0.2) is 4.39 Å². The lowest BCUT2D eigenvalue weighted by Gasteiger charge is -2.34. The summed E-state index contributed by atoms with van der Waals surface area (Å²) in [5.41, 5.74) is 1.99. The minimum Gasteiger partial charge on any atom is -0.379 e. The van der Waals surface area contributed by atoms with Gasteiger partial charge in [0.15, 0.2) is 5.96 Å². The van der Waals surface area contributed by atoms with E-state index >= 15 is 0 Å². The zero-order valence-corrected chi connectivity index (χ0v) is 18.0. The van der Waals surface area contributed by atoms with Crippen LogP contribution in [0.3, 0.4) is 0 Å². The van der Waals surface area contributed by atoms with Gasteiger partial charge in [-0.3, -0.25) is 9.89 Å². The first-order chi connectivity index (χ1) is 14.7. The van der Waals surface area contributed by atoms with Gasteiger partial charge in [0.05, 0.1) is 19.3 Å². The predicted molar refractivity (Wildman–Crippen MR) is 121 cm³/mol. The second-order valence-corrected chi connectivity index (χ2v) is 8.29. The van der Waals surface area contributed by atoms with Crippen molar-refractivity contribution in [3.05, 3.63) is 58.2 Å². The van der Waals surface area contributed by atoms with Crippen LogP contribution in [0, 0.1) is 5.82 Å². The normalized spacial score (nSPS) is 16.7. The number of nitrogens with zero attached hydrogens (tertiary/aromatic N) is 2. The molecule has 160 valence electrons. The molecule has 0 amide bonds. The predicted octanol–water partition coefficient (Wildman–Crippen LogP) is 3.15. The molecule has 3 aromatic rings. The Bertz CT molecular complexity index is 965. The van der Waals surface area contributed by atoms with Crippen LogP contribution in [0.2, 0.25) is 0 Å². The van der Waals surface area contributed by atoms with Crippen LogP contribution in [-0.2, 0) is 11.2 Å². The van der Waals surface area contributed by atoms with E-state index in [1.54, 1.807) is 18.4 Å². The average Bonchev–Trinajstić information content (AvgIpc) is 3.43. The van der Waals surface area contributed by atoms with Crippen molar-refractivity contribution < 1.29 is 9.13 Å². The number of fused-ring (bicyclic) bond motifs is 1. The van der Waals surface area contributed by atoms with Crippen molar-refractivity contribution in [2.75, 3.05) is 46.4 Å². The van der Waals surface area contributed by atoms with Gasteiger partial charge in [-0.1, -0.05) is 6.07 Å². The summed E-state index contributed by atoms with van der Waals surface area (Å²) in [5, 5.41) is 10.1. The fourth-order valence-electron chi connectivity index (χ4n) is 3.87. The molecule has 30 heavy (non-hydrogen) atoms. The lowest BCUT2D eigenvalue weighted by molar-refractivity contribution is 0.0177. The van der Waals surface area contributed by atoms with E-state index in [0.29, 0.717) is 6.04 Å². The van der Waals surface area contributed by atoms with E-state index in [-0.39, 0.29) is 5.82 Å². The lowest BCUT2D eigenvalue weighted by Crippen LogP contribution is -2.46. The number of aliphatic imine (C=N–C) groups is 1. The van der Waals surface area contributed by atoms with Gasteiger partial charge in [0.2, 0.25) is 0 Å². The Morgan fingerprint density at radius 3 is 2.93 bits per heavy atom. The Balaban J connectivity index is 1.32. The first kappa shape index (κ1) is 20.8. The minimum absolute atomic E-state index is 0.223. The highest BCUT2D eigenvalue weighted by atomic mass is 32.1. The van der Waals surface area contributed by atoms with E-state index in [1.165, 1.54) is 17.0 Å². The molecule has 1 aromatic carbocycles. The number of guanidine groups is 1. The topological polar surface area (TPSA) is 64.7 Å². The molecule has 2 aromatic heterocycles. The Hall–Kier alpha value is -2.42. The second-order valence-electron chi connectivity index (χ2n) is 7.31. The molecule has 1 aliphatic heterocycles. The maximum atomic E-state index is 13.4. The Morgan fingerprint density at radius 1 is 1.30 bits per heavy atom. The van der Waals surface area contributed by atoms with E-state index in [1.807, 2.05) is 12.3 Å². The molecular weight excluding hydrogens is 401 g/mol. The first-order valence-electron chi connectivity index (χ1n) is 10.3. The molecule has 0 bridgehead atoms. The summed E-state index contributed by atoms with van der Waals surface area (Å²) in [6.45, 7) is 4.97. The fraction of sp³-hybridized carbons (Fsp3) is 0.409. The molecule has 1 unspecified atom stereocenters. The molecule has 0 spiro atoms. The van der Waals surface area contributed by atoms with Crippen LogP contribution in [0.15, 0.2) is 46.9 Å². The fourth-order valence-corrected chi connectivity index (χ4v) is 4.74. The van der Waals surface area contributed by atoms with Crippen LogP contribution in [-0.4, -0.2) is 62.3 Å². The molecule has 8 heteroatoms. The number of hydrogen-bond donors (Lipinski definition) is 3. The maximum absolute atomic E-state index is 13.4. The van der Waals surface area contributed by atoms with Crippen molar-refractivity contribution in [3.8, 4) is 0 Å². The summed E-state index contributed by atoms with van der Waals surface area (Å²) in [6, 6.07) is 9.47. The molecule has 6 nitrogen and oxygen atoms in total. The molecule has 1 saturated heterocycles. The number of aromatic nitrogens is 1. The second kappa shape index (κ2) is 10.1. The van der Waals surface area contributed by atoms with Gasteiger partial charge in [0, 0.05) is 55.2 Å². The average molecular weight is 430 g/mol. The molecule has 1 fully saturated rings. The van der Waals surface area contributed by atoms with Crippen LogP contribution in [0.5, 0.6) is 0 Å². The summed E-state index contributed by atoms with van der Waals surface area (Å²) < 4.78 is 18.9. The molecule has 0 radical (unpaired) electrons. The Morgan fingerprint density at radius 2 is 2.17 bits per heavy atom. The number of rotatable bonds is 7. The number of hydrogen-bond acceptors (Lipinski definition) is 4. The van der Waals surface area contributed by atoms with Crippen LogP contribution < -0.4 is 10.6 Å². The van der Waals surface area contributed by atoms with Gasteiger partial charge in [0.1, 0.15) is 5.82 Å². The van der Waals surface area contributed by atoms with Gasteiger partial charge in [0.25, 0.3) is 0 Å². The minimum atomic E-state index is -0.223. The number of H-pyrrole nitrogens is 1. The van der Waals surface area contributed by atoms with Crippen molar-refractivity contribution in [2.24, 2.45) is 4.99 Å². The molecule has 0 aliphatic carbocycles. The lowest BCUT2D eigenvalue weighted by atomic mass is 10.1. The summed E-state index contributed by atoms with van der Waals surface area (Å²) in [4.78, 5) is 11.3. The van der Waals surface area contributed by atoms with Crippen molar-refractivity contribution in [2.45, 2.75) is 12.5 Å². The third kappa shape index (κ3) is 5.00. The summed E-state index contributed by atoms with van der Waals surface area (Å²) in [6.07, 6.45) is 2.78. The third-order valence-corrected chi connectivity index (χ3v) is 6.43. The molecule has 1 atom stereocenters. The molecule has 4 rings (SSSR count). The highest BCUT2D eigenvalue weighted by molar-refractivity contribution is 7.10. The van der Waals surface area contributed by atoms with Gasteiger partial charge in [-0.05, 0) is 41.6 Å². The smallest absolute Gasteiger partial charge is 0.191 e. The monoisotopic (exact) mass is 429 g/mol. The van der Waals surface area contributed by atoms with Gasteiger partial charge >= 0.3 is 0 Å². The highest BCUT2D eigenvalue weighted by Gasteiger charge is 2.23. The molecular formula is C22H28FN5OS. The molecule has 3 N–H and O–H groups in total. The standard InChI is InChI=1S/C22H28FN5OS/c1-24-22(25-7-6-16-14-26-19-13-17(23)4-5-18(16)19)27-15-20(21-3-2-12-30-21)28-8-10-29-11-9-28/h2-5,12-14,20,26H,6-11,15H2,1H3,(H2,24,25,27). The SMILES string of the molecule is CN=C(NCCc1c[nH]c2cc(F)ccc12)NCC(c1cccs1)N1CCOCC1. The molecule has 1 aliphatic rings. The number of benzene rings is 1. The van der Waals surface area contributed by atoms with E-state index in [9.17, 15) is 4.39 Å². The Kier molecular flexibility index (Phi) is 6.99. The summed E-state index contributed by atoms with van der Waals surface area (Å²) in [5.74, 6) is 0.565. The van der Waals surface area contributed by atoms with Crippen LogP contribution in [0.25, 0.3) is 10.9 Å². The van der Waals surface area contributed by atoms with Crippen LogP contribution in [0.4, 0.5) is 4.39 Å². The zero-order chi connectivity index (χ0) is 20.8. The highest BCUT2D eigenvalue weighted by Crippen LogP contribution is 2.25. The maximum Gasteiger partial charge on any atom is 0.191 e. The van der Waals surface area contributed by atoms with E-state index < -0.39 is 0 Å². The zero-order valence-electron chi connectivity index (χ0n) is 17.2. The Labute approximate surface area is 180 Å². The summed E-state index contributed by atoms with van der Waals surface area (Å²) in [7, 11) is 1.79. The number of morpholine rings is 1. The van der Waals surface area contributed by atoms with Crippen molar-refractivity contribution in [3.63, 3.8) is 0 Å². The van der Waals surface area contributed by atoms with Gasteiger partial charge in [-0.15, -0.1) is 11.3 Å². The quantitative estimate of drug-likeness (QED) is 0.399.